The molecule has 17 heavy (non-hydrogen) atoms. The van der Waals surface area contributed by atoms with Crippen molar-refractivity contribution in [3.63, 3.8) is 0 Å². The van der Waals surface area contributed by atoms with Gasteiger partial charge in [0.05, 0.1) is 0 Å². The van der Waals surface area contributed by atoms with E-state index in [1.54, 1.807) is 0 Å². The molecule has 0 bridgehead atoms. The summed E-state index contributed by atoms with van der Waals surface area (Å²) in [4.78, 5) is 1.25. The first kappa shape index (κ1) is 14.9. The highest BCUT2D eigenvalue weighted by Crippen LogP contribution is 2.32. The molecule has 1 aromatic carbocycles. The van der Waals surface area contributed by atoms with Crippen molar-refractivity contribution in [3.05, 3.63) is 28.8 Å². The van der Waals surface area contributed by atoms with E-state index in [0.717, 1.165) is 10.6 Å². The van der Waals surface area contributed by atoms with Crippen LogP contribution < -0.4 is 5.32 Å². The zero-order chi connectivity index (χ0) is 13.0. The maximum atomic E-state index is 6.31. The van der Waals surface area contributed by atoms with Crippen LogP contribution in [0, 0.1) is 5.92 Å². The highest BCUT2D eigenvalue weighted by Gasteiger charge is 2.12. The second-order valence-electron chi connectivity index (χ2n) is 4.76. The fourth-order valence-corrected chi connectivity index (χ4v) is 2.88. The van der Waals surface area contributed by atoms with Crippen molar-refractivity contribution in [1.82, 2.24) is 5.32 Å². The number of thioether (sulfide) groups is 1. The van der Waals surface area contributed by atoms with Gasteiger partial charge in [0, 0.05) is 21.2 Å². The van der Waals surface area contributed by atoms with Gasteiger partial charge in [0.25, 0.3) is 0 Å². The van der Waals surface area contributed by atoms with Gasteiger partial charge < -0.3 is 5.32 Å². The highest BCUT2D eigenvalue weighted by atomic mass is 35.5. The molecule has 0 amide bonds. The van der Waals surface area contributed by atoms with Crippen molar-refractivity contribution >= 4 is 23.4 Å². The molecule has 0 fully saturated rings. The smallest absolute Gasteiger partial charge is 0.0464 e. The third kappa shape index (κ3) is 4.20. The van der Waals surface area contributed by atoms with Crippen LogP contribution in [0.2, 0.25) is 5.02 Å². The van der Waals surface area contributed by atoms with Gasteiger partial charge in [-0.1, -0.05) is 38.4 Å². The summed E-state index contributed by atoms with van der Waals surface area (Å²) < 4.78 is 0. The second kappa shape index (κ2) is 6.67. The van der Waals surface area contributed by atoms with E-state index in [1.807, 2.05) is 18.8 Å². The van der Waals surface area contributed by atoms with Crippen LogP contribution in [0.1, 0.15) is 39.3 Å². The van der Waals surface area contributed by atoms with Gasteiger partial charge in [0.1, 0.15) is 0 Å². The Morgan fingerprint density at radius 2 is 1.82 bits per heavy atom. The Hall–Kier alpha value is -0.180. The molecule has 96 valence electrons. The van der Waals surface area contributed by atoms with Gasteiger partial charge in [-0.2, -0.15) is 0 Å². The second-order valence-corrected chi connectivity index (χ2v) is 6.62. The minimum absolute atomic E-state index is 0.295. The summed E-state index contributed by atoms with van der Waals surface area (Å²) >= 11 is 8.20. The molecule has 1 N–H and O–H groups in total. The normalized spacial score (nSPS) is 15.0. The number of hydrogen-bond donors (Lipinski definition) is 1. The minimum atomic E-state index is 0.295. The van der Waals surface area contributed by atoms with Crippen LogP contribution in [0.3, 0.4) is 0 Å². The first-order valence-electron chi connectivity index (χ1n) is 6.09. The summed E-state index contributed by atoms with van der Waals surface area (Å²) in [5.41, 5.74) is 1.16. The van der Waals surface area contributed by atoms with E-state index in [-0.39, 0.29) is 0 Å². The minimum Gasteiger partial charge on any atom is -0.313 e. The van der Waals surface area contributed by atoms with Crippen LogP contribution in [0.15, 0.2) is 23.1 Å². The Morgan fingerprint density at radius 3 is 2.29 bits per heavy atom. The fraction of sp³-hybridized carbons (Fsp3) is 0.571. The fourth-order valence-electron chi connectivity index (χ4n) is 1.44. The average Bonchev–Trinajstić information content (AvgIpc) is 2.28. The summed E-state index contributed by atoms with van der Waals surface area (Å²) in [5, 5.41) is 4.67. The van der Waals surface area contributed by atoms with E-state index in [4.69, 9.17) is 11.6 Å². The largest absolute Gasteiger partial charge is 0.313 e. The van der Waals surface area contributed by atoms with Crippen molar-refractivity contribution in [2.75, 3.05) is 7.05 Å². The molecule has 2 unspecified atom stereocenters. The van der Waals surface area contributed by atoms with Gasteiger partial charge >= 0.3 is 0 Å². The monoisotopic (exact) mass is 271 g/mol. The maximum Gasteiger partial charge on any atom is 0.0464 e. The van der Waals surface area contributed by atoms with E-state index in [2.05, 4.69) is 51.2 Å². The molecule has 0 aromatic heterocycles. The lowest BCUT2D eigenvalue weighted by molar-refractivity contribution is 0.642. The number of hydrogen-bond acceptors (Lipinski definition) is 2. The molecule has 2 atom stereocenters. The van der Waals surface area contributed by atoms with Crippen molar-refractivity contribution < 1.29 is 0 Å². The summed E-state index contributed by atoms with van der Waals surface area (Å²) in [6.45, 7) is 8.87. The van der Waals surface area contributed by atoms with E-state index in [9.17, 15) is 0 Å². The molecular formula is C14H22ClNS. The molecule has 1 aromatic rings. The van der Waals surface area contributed by atoms with Crippen LogP contribution in [0.4, 0.5) is 0 Å². The summed E-state index contributed by atoms with van der Waals surface area (Å²) in [6.07, 6.45) is 0. The lowest BCUT2D eigenvalue weighted by Gasteiger charge is -2.17. The molecule has 0 saturated heterocycles. The third-order valence-electron chi connectivity index (χ3n) is 3.13. The molecule has 1 nitrogen and oxygen atoms in total. The zero-order valence-corrected chi connectivity index (χ0v) is 12.8. The lowest BCUT2D eigenvalue weighted by atomic mass is 10.1. The molecule has 3 heteroatoms. The number of nitrogens with one attached hydrogen (secondary N) is 1. The van der Waals surface area contributed by atoms with Crippen molar-refractivity contribution in [2.24, 2.45) is 5.92 Å². The number of rotatable bonds is 5. The number of halogens is 1. The molecule has 0 saturated carbocycles. The summed E-state index contributed by atoms with van der Waals surface area (Å²) in [6, 6.07) is 6.66. The topological polar surface area (TPSA) is 12.0 Å². The quantitative estimate of drug-likeness (QED) is 0.775. The first-order valence-corrected chi connectivity index (χ1v) is 7.34. The molecule has 0 aliphatic rings. The molecule has 1 rings (SSSR count). The van der Waals surface area contributed by atoms with Crippen LogP contribution >= 0.6 is 23.4 Å². The van der Waals surface area contributed by atoms with Crippen LogP contribution in [-0.2, 0) is 0 Å². The lowest BCUT2D eigenvalue weighted by Crippen LogP contribution is -2.12. The Morgan fingerprint density at radius 1 is 1.18 bits per heavy atom. The average molecular weight is 272 g/mol. The van der Waals surface area contributed by atoms with Gasteiger partial charge in [-0.15, -0.1) is 11.8 Å². The van der Waals surface area contributed by atoms with Crippen molar-refractivity contribution in [2.45, 2.75) is 43.9 Å². The van der Waals surface area contributed by atoms with E-state index >= 15 is 0 Å². The van der Waals surface area contributed by atoms with Crippen LogP contribution in [0.5, 0.6) is 0 Å². The zero-order valence-electron chi connectivity index (χ0n) is 11.3. The Bertz CT molecular complexity index is 365. The van der Waals surface area contributed by atoms with Gasteiger partial charge in [-0.05, 0) is 37.6 Å². The molecule has 0 heterocycles. The highest BCUT2D eigenvalue weighted by molar-refractivity contribution is 8.00. The first-order chi connectivity index (χ1) is 7.95. The molecule has 0 radical (unpaired) electrons. The Kier molecular flexibility index (Phi) is 5.84. The number of benzene rings is 1. The van der Waals surface area contributed by atoms with Crippen molar-refractivity contribution in [1.29, 1.82) is 0 Å². The van der Waals surface area contributed by atoms with Gasteiger partial charge in [0.15, 0.2) is 0 Å². The Balaban J connectivity index is 2.82. The molecule has 0 spiro atoms. The SMILES string of the molecule is CNC(C)c1ccc(SC(C)C(C)C)cc1Cl. The van der Waals surface area contributed by atoms with Gasteiger partial charge in [0.2, 0.25) is 0 Å². The molecular weight excluding hydrogens is 250 g/mol. The summed E-state index contributed by atoms with van der Waals surface area (Å²) in [5.74, 6) is 0.676. The van der Waals surface area contributed by atoms with E-state index in [0.29, 0.717) is 17.2 Å². The van der Waals surface area contributed by atoms with Crippen LogP contribution in [0.25, 0.3) is 0 Å². The predicted octanol–water partition coefficient (Wildman–Crippen LogP) is 4.76. The molecule has 0 aliphatic heterocycles. The van der Waals surface area contributed by atoms with E-state index < -0.39 is 0 Å². The molecule has 0 aliphatic carbocycles. The van der Waals surface area contributed by atoms with Crippen LogP contribution in [-0.4, -0.2) is 12.3 Å². The van der Waals surface area contributed by atoms with Gasteiger partial charge in [-0.25, -0.2) is 0 Å². The Labute approximate surface area is 114 Å². The van der Waals surface area contributed by atoms with E-state index in [1.165, 1.54) is 4.90 Å². The predicted molar refractivity (Wildman–Crippen MR) is 79.1 cm³/mol. The summed E-state index contributed by atoms with van der Waals surface area (Å²) in [7, 11) is 1.95. The standard InChI is InChI=1S/C14H22ClNS/c1-9(2)11(4)17-12-6-7-13(10(3)16-5)14(15)8-12/h6-11,16H,1-5H3. The van der Waals surface area contributed by atoms with Crippen molar-refractivity contribution in [3.8, 4) is 0 Å². The van der Waals surface area contributed by atoms with Gasteiger partial charge in [-0.3, -0.25) is 0 Å². The maximum absolute atomic E-state index is 6.31. The third-order valence-corrected chi connectivity index (χ3v) is 4.90.